The van der Waals surface area contributed by atoms with Gasteiger partial charge in [0.25, 0.3) is 5.69 Å². The van der Waals surface area contributed by atoms with Crippen LogP contribution in [0.2, 0.25) is 0 Å². The van der Waals surface area contributed by atoms with Crippen LogP contribution in [0.3, 0.4) is 0 Å². The van der Waals surface area contributed by atoms with E-state index in [2.05, 4.69) is 15.1 Å². The topological polar surface area (TPSA) is 108 Å². The fourth-order valence-corrected chi connectivity index (χ4v) is 3.05. The van der Waals surface area contributed by atoms with Gasteiger partial charge in [0.05, 0.1) is 24.7 Å². The highest BCUT2D eigenvalue weighted by molar-refractivity contribution is 7.71. The summed E-state index contributed by atoms with van der Waals surface area (Å²) in [7, 11) is 3.10. The largest absolute Gasteiger partial charge is 0.493 e. The Morgan fingerprint density at radius 3 is 2.41 bits per heavy atom. The van der Waals surface area contributed by atoms with Crippen LogP contribution in [0.15, 0.2) is 36.4 Å². The first-order valence-electron chi connectivity index (χ1n) is 7.81. The molecule has 4 rings (SSSR count). The number of hydrogen-bond acceptors (Lipinski definition) is 7. The van der Waals surface area contributed by atoms with Gasteiger partial charge in [-0.2, -0.15) is 0 Å². The maximum absolute atomic E-state index is 10.8. The first-order valence-corrected chi connectivity index (χ1v) is 8.22. The van der Waals surface area contributed by atoms with Crippen LogP contribution in [0.1, 0.15) is 0 Å². The molecule has 0 aliphatic rings. The summed E-state index contributed by atoms with van der Waals surface area (Å²) in [5.74, 6) is 1.60. The third-order valence-corrected chi connectivity index (χ3v) is 4.42. The van der Waals surface area contributed by atoms with Crippen LogP contribution in [-0.4, -0.2) is 38.7 Å². The van der Waals surface area contributed by atoms with E-state index in [0.717, 1.165) is 5.39 Å². The summed E-state index contributed by atoms with van der Waals surface area (Å²) in [4.78, 5) is 19.4. The summed E-state index contributed by atoms with van der Waals surface area (Å²) in [5, 5.41) is 14.6. The first-order chi connectivity index (χ1) is 13.0. The Bertz CT molecular complexity index is 1250. The molecule has 136 valence electrons. The molecule has 0 bridgehead atoms. The summed E-state index contributed by atoms with van der Waals surface area (Å²) < 4.78 is 12.6. The lowest BCUT2D eigenvalue weighted by Crippen LogP contribution is -1.97. The van der Waals surface area contributed by atoms with Crippen LogP contribution in [0.4, 0.5) is 5.69 Å². The van der Waals surface area contributed by atoms with Gasteiger partial charge in [0.15, 0.2) is 23.0 Å². The highest BCUT2D eigenvalue weighted by atomic mass is 32.1. The van der Waals surface area contributed by atoms with Crippen LogP contribution >= 0.6 is 12.2 Å². The highest BCUT2D eigenvalue weighted by Crippen LogP contribution is 2.33. The Hall–Kier alpha value is -3.53. The summed E-state index contributed by atoms with van der Waals surface area (Å²) in [6.07, 6.45) is 0. The molecule has 1 N–H and O–H groups in total. The smallest absolute Gasteiger partial charge is 0.269 e. The van der Waals surface area contributed by atoms with Crippen molar-refractivity contribution < 1.29 is 14.4 Å². The number of hydrogen-bond donors (Lipinski definition) is 1. The van der Waals surface area contributed by atoms with E-state index in [-0.39, 0.29) is 5.69 Å². The molecule has 0 saturated carbocycles. The molecule has 2 heterocycles. The van der Waals surface area contributed by atoms with Crippen LogP contribution in [-0.2, 0) is 0 Å². The standard InChI is InChI=1S/C17H13N5O4S/c1-25-13-7-11-12(8-14(13)26-2)18-17(27)21-16(11)19-15(20-21)9-3-5-10(6-4-9)22(23)24/h3-8H,1-2H3,(H,19,20). The molecule has 0 spiro atoms. The number of ether oxygens (including phenoxy) is 2. The average molecular weight is 383 g/mol. The molecule has 0 aliphatic heterocycles. The van der Waals surface area contributed by atoms with Crippen molar-refractivity contribution in [2.24, 2.45) is 0 Å². The maximum atomic E-state index is 10.8. The Kier molecular flexibility index (Phi) is 3.96. The van der Waals surface area contributed by atoms with E-state index >= 15 is 0 Å². The van der Waals surface area contributed by atoms with Crippen LogP contribution in [0.5, 0.6) is 11.5 Å². The van der Waals surface area contributed by atoms with Crippen LogP contribution in [0, 0.1) is 14.9 Å². The van der Waals surface area contributed by atoms with E-state index in [1.54, 1.807) is 43.0 Å². The van der Waals surface area contributed by atoms with E-state index in [0.29, 0.717) is 38.8 Å². The fourth-order valence-electron chi connectivity index (χ4n) is 2.82. The van der Waals surface area contributed by atoms with E-state index < -0.39 is 4.92 Å². The number of aromatic nitrogens is 4. The molecule has 0 aliphatic carbocycles. The predicted octanol–water partition coefficient (Wildman–Crippen LogP) is 3.53. The first kappa shape index (κ1) is 16.9. The van der Waals surface area contributed by atoms with Gasteiger partial charge < -0.3 is 9.47 Å². The van der Waals surface area contributed by atoms with Crippen molar-refractivity contribution >= 4 is 34.5 Å². The highest BCUT2D eigenvalue weighted by Gasteiger charge is 2.15. The minimum atomic E-state index is -0.449. The monoisotopic (exact) mass is 383 g/mol. The second-order valence-electron chi connectivity index (χ2n) is 5.65. The molecular weight excluding hydrogens is 370 g/mol. The van der Waals surface area contributed by atoms with Crippen molar-refractivity contribution in [1.29, 1.82) is 0 Å². The van der Waals surface area contributed by atoms with Crippen molar-refractivity contribution in [3.8, 4) is 22.9 Å². The Balaban J connectivity index is 1.95. The van der Waals surface area contributed by atoms with Crippen LogP contribution < -0.4 is 9.47 Å². The minimum absolute atomic E-state index is 0.00965. The number of nitro benzene ring substituents is 1. The number of H-pyrrole nitrogens is 1. The quantitative estimate of drug-likeness (QED) is 0.326. The van der Waals surface area contributed by atoms with Crippen molar-refractivity contribution in [2.45, 2.75) is 0 Å². The third-order valence-electron chi connectivity index (χ3n) is 4.15. The van der Waals surface area contributed by atoms with Gasteiger partial charge in [0.1, 0.15) is 0 Å². The third kappa shape index (κ3) is 2.75. The normalized spacial score (nSPS) is 11.0. The van der Waals surface area contributed by atoms with Gasteiger partial charge in [-0.05, 0) is 30.4 Å². The van der Waals surface area contributed by atoms with E-state index in [4.69, 9.17) is 21.7 Å². The number of non-ortho nitro benzene ring substituents is 1. The Morgan fingerprint density at radius 2 is 1.78 bits per heavy atom. The molecule has 0 amide bonds. The number of methoxy groups -OCH3 is 2. The Morgan fingerprint density at radius 1 is 1.11 bits per heavy atom. The maximum Gasteiger partial charge on any atom is 0.269 e. The van der Waals surface area contributed by atoms with Gasteiger partial charge in [0.2, 0.25) is 4.77 Å². The summed E-state index contributed by atoms with van der Waals surface area (Å²) in [6, 6.07) is 9.62. The molecule has 4 aromatic rings. The van der Waals surface area contributed by atoms with Gasteiger partial charge in [-0.3, -0.25) is 15.2 Å². The zero-order valence-corrected chi connectivity index (χ0v) is 15.1. The number of rotatable bonds is 4. The summed E-state index contributed by atoms with van der Waals surface area (Å²) >= 11 is 5.36. The average Bonchev–Trinajstić information content (AvgIpc) is 3.13. The number of nitro groups is 1. The molecule has 9 nitrogen and oxygen atoms in total. The van der Waals surface area contributed by atoms with Gasteiger partial charge in [0, 0.05) is 29.1 Å². The summed E-state index contributed by atoms with van der Waals surface area (Å²) in [5.41, 5.74) is 1.89. The van der Waals surface area contributed by atoms with Crippen molar-refractivity contribution in [3.05, 3.63) is 51.3 Å². The molecule has 0 fully saturated rings. The molecular formula is C17H13N5O4S. The van der Waals surface area contributed by atoms with E-state index in [1.807, 2.05) is 0 Å². The molecule has 2 aromatic heterocycles. The SMILES string of the molecule is COc1cc2nc(=S)n3[nH]c(-c4ccc([N+](=O)[O-])cc4)nc3c2cc1OC. The van der Waals surface area contributed by atoms with Crippen LogP contribution in [0.25, 0.3) is 27.9 Å². The lowest BCUT2D eigenvalue weighted by atomic mass is 10.2. The Labute approximate surface area is 157 Å². The van der Waals surface area contributed by atoms with Crippen molar-refractivity contribution in [2.75, 3.05) is 14.2 Å². The molecule has 0 atom stereocenters. The summed E-state index contributed by atoms with van der Waals surface area (Å²) in [6.45, 7) is 0. The van der Waals surface area contributed by atoms with Crippen molar-refractivity contribution in [3.63, 3.8) is 0 Å². The molecule has 2 aromatic carbocycles. The lowest BCUT2D eigenvalue weighted by molar-refractivity contribution is -0.384. The van der Waals surface area contributed by atoms with Gasteiger partial charge in [-0.1, -0.05) is 0 Å². The second kappa shape index (κ2) is 6.32. The van der Waals surface area contributed by atoms with Gasteiger partial charge in [-0.15, -0.1) is 0 Å². The van der Waals surface area contributed by atoms with Crippen molar-refractivity contribution in [1.82, 2.24) is 19.6 Å². The molecule has 0 radical (unpaired) electrons. The predicted molar refractivity (Wildman–Crippen MR) is 101 cm³/mol. The number of benzene rings is 2. The lowest BCUT2D eigenvalue weighted by Gasteiger charge is -2.08. The fraction of sp³-hybridized carbons (Fsp3) is 0.118. The molecule has 27 heavy (non-hydrogen) atoms. The molecule has 0 unspecified atom stereocenters. The number of fused-ring (bicyclic) bond motifs is 3. The van der Waals surface area contributed by atoms with Gasteiger partial charge >= 0.3 is 0 Å². The number of aromatic amines is 1. The number of nitrogens with one attached hydrogen (secondary N) is 1. The number of nitrogens with zero attached hydrogens (tertiary/aromatic N) is 4. The minimum Gasteiger partial charge on any atom is -0.493 e. The van der Waals surface area contributed by atoms with E-state index in [1.165, 1.54) is 12.1 Å². The van der Waals surface area contributed by atoms with Gasteiger partial charge in [-0.25, -0.2) is 14.5 Å². The molecule has 10 heteroatoms. The zero-order valence-electron chi connectivity index (χ0n) is 14.3. The molecule has 0 saturated heterocycles. The second-order valence-corrected chi connectivity index (χ2v) is 6.02. The van der Waals surface area contributed by atoms with E-state index in [9.17, 15) is 10.1 Å². The zero-order chi connectivity index (χ0) is 19.1.